The van der Waals surface area contributed by atoms with Crippen molar-refractivity contribution in [3.63, 3.8) is 0 Å². The van der Waals surface area contributed by atoms with E-state index in [4.69, 9.17) is 14.2 Å². The topological polar surface area (TPSA) is 93.7 Å². The molecule has 0 spiro atoms. The molecule has 3 rings (SSSR count). The van der Waals surface area contributed by atoms with Crippen molar-refractivity contribution in [3.05, 3.63) is 47.3 Å². The predicted octanol–water partition coefficient (Wildman–Crippen LogP) is 3.46. The van der Waals surface area contributed by atoms with E-state index in [-0.39, 0.29) is 5.56 Å². The normalized spacial score (nSPS) is 11.0. The lowest BCUT2D eigenvalue weighted by Gasteiger charge is -2.12. The van der Waals surface area contributed by atoms with Crippen LogP contribution >= 0.6 is 0 Å². The minimum Gasteiger partial charge on any atom is -0.496 e. The quantitative estimate of drug-likeness (QED) is 0.704. The molecule has 0 unspecified atom stereocenters. The van der Waals surface area contributed by atoms with Crippen molar-refractivity contribution < 1.29 is 24.1 Å². The van der Waals surface area contributed by atoms with Crippen LogP contribution in [0.15, 0.2) is 30.3 Å². The summed E-state index contributed by atoms with van der Waals surface area (Å²) < 4.78 is 16.1. The van der Waals surface area contributed by atoms with Gasteiger partial charge in [0.05, 0.1) is 38.0 Å². The third kappa shape index (κ3) is 3.19. The number of carboxylic acids is 1. The van der Waals surface area contributed by atoms with Crippen LogP contribution in [0.3, 0.4) is 0 Å². The Balaban J connectivity index is 2.04. The Bertz CT molecular complexity index is 966. The molecule has 0 fully saturated rings. The number of methoxy groups -OCH3 is 3. The van der Waals surface area contributed by atoms with Crippen molar-refractivity contribution in [1.29, 1.82) is 0 Å². The number of hydrogen-bond donors (Lipinski definition) is 2. The van der Waals surface area contributed by atoms with Crippen molar-refractivity contribution >= 4 is 29.2 Å². The van der Waals surface area contributed by atoms with Crippen molar-refractivity contribution in [1.82, 2.24) is 9.97 Å². The number of para-hydroxylation sites is 1. The number of nitrogens with zero attached hydrogens (tertiary/aromatic N) is 1. The Morgan fingerprint density at radius 3 is 2.35 bits per heavy atom. The van der Waals surface area contributed by atoms with E-state index >= 15 is 0 Å². The molecule has 134 valence electrons. The second-order valence-electron chi connectivity index (χ2n) is 5.41. The fourth-order valence-electron chi connectivity index (χ4n) is 2.66. The van der Waals surface area contributed by atoms with Crippen LogP contribution in [0.25, 0.3) is 23.2 Å². The summed E-state index contributed by atoms with van der Waals surface area (Å²) in [4.78, 5) is 18.8. The maximum atomic E-state index is 11.3. The van der Waals surface area contributed by atoms with E-state index < -0.39 is 5.97 Å². The SMILES string of the molecule is COc1cc(OC)c(C=Cc2nc3c(C(=O)O)cccc3[nH]2)c(OC)c1. The summed E-state index contributed by atoms with van der Waals surface area (Å²) in [5, 5.41) is 9.27. The molecule has 0 atom stereocenters. The first-order valence-electron chi connectivity index (χ1n) is 7.77. The van der Waals surface area contributed by atoms with Crippen LogP contribution in [0, 0.1) is 0 Å². The average molecular weight is 354 g/mol. The fraction of sp³-hybridized carbons (Fsp3) is 0.158. The van der Waals surface area contributed by atoms with Gasteiger partial charge in [0.25, 0.3) is 0 Å². The third-order valence-corrected chi connectivity index (χ3v) is 3.92. The number of nitrogens with one attached hydrogen (secondary N) is 1. The summed E-state index contributed by atoms with van der Waals surface area (Å²) in [6.45, 7) is 0. The highest BCUT2D eigenvalue weighted by Crippen LogP contribution is 2.35. The molecule has 2 aromatic carbocycles. The number of imidazole rings is 1. The second kappa shape index (κ2) is 7.18. The van der Waals surface area contributed by atoms with E-state index in [0.29, 0.717) is 34.1 Å². The van der Waals surface area contributed by atoms with Crippen molar-refractivity contribution in [2.45, 2.75) is 0 Å². The number of rotatable bonds is 6. The van der Waals surface area contributed by atoms with Crippen LogP contribution in [0.1, 0.15) is 21.7 Å². The number of carbonyl (C=O) groups is 1. The Morgan fingerprint density at radius 1 is 1.08 bits per heavy atom. The highest BCUT2D eigenvalue weighted by molar-refractivity contribution is 6.01. The number of aromatic amines is 1. The van der Waals surface area contributed by atoms with Gasteiger partial charge in [-0.05, 0) is 24.3 Å². The number of carboxylic acid groups (broad SMARTS) is 1. The molecule has 0 bridgehead atoms. The van der Waals surface area contributed by atoms with Gasteiger partial charge >= 0.3 is 5.97 Å². The number of fused-ring (bicyclic) bond motifs is 1. The first kappa shape index (κ1) is 17.3. The van der Waals surface area contributed by atoms with E-state index in [1.165, 1.54) is 6.07 Å². The molecule has 7 heteroatoms. The monoisotopic (exact) mass is 354 g/mol. The van der Waals surface area contributed by atoms with Crippen LogP contribution in [0.4, 0.5) is 0 Å². The Morgan fingerprint density at radius 2 is 1.77 bits per heavy atom. The van der Waals surface area contributed by atoms with E-state index in [1.54, 1.807) is 57.7 Å². The molecule has 0 radical (unpaired) electrons. The maximum absolute atomic E-state index is 11.3. The molecule has 0 amide bonds. The zero-order valence-electron chi connectivity index (χ0n) is 14.6. The van der Waals surface area contributed by atoms with E-state index in [1.807, 2.05) is 0 Å². The van der Waals surface area contributed by atoms with E-state index in [0.717, 1.165) is 5.56 Å². The van der Waals surface area contributed by atoms with Gasteiger partial charge in [0.2, 0.25) is 0 Å². The van der Waals surface area contributed by atoms with Gasteiger partial charge in [-0.2, -0.15) is 0 Å². The van der Waals surface area contributed by atoms with Crippen LogP contribution in [-0.2, 0) is 0 Å². The number of H-pyrrole nitrogens is 1. The highest BCUT2D eigenvalue weighted by Gasteiger charge is 2.13. The fourth-order valence-corrected chi connectivity index (χ4v) is 2.66. The van der Waals surface area contributed by atoms with Crippen molar-refractivity contribution in [3.8, 4) is 17.2 Å². The molecule has 2 N–H and O–H groups in total. The maximum Gasteiger partial charge on any atom is 0.337 e. The zero-order chi connectivity index (χ0) is 18.7. The van der Waals surface area contributed by atoms with Crippen molar-refractivity contribution in [2.75, 3.05) is 21.3 Å². The minimum atomic E-state index is -1.02. The number of aromatic nitrogens is 2. The van der Waals surface area contributed by atoms with Gasteiger partial charge < -0.3 is 24.3 Å². The van der Waals surface area contributed by atoms with Crippen LogP contribution in [-0.4, -0.2) is 42.4 Å². The second-order valence-corrected chi connectivity index (χ2v) is 5.41. The lowest BCUT2D eigenvalue weighted by atomic mass is 10.1. The van der Waals surface area contributed by atoms with Crippen LogP contribution < -0.4 is 14.2 Å². The first-order chi connectivity index (χ1) is 12.6. The molecule has 26 heavy (non-hydrogen) atoms. The van der Waals surface area contributed by atoms with Gasteiger partial charge in [-0.25, -0.2) is 9.78 Å². The average Bonchev–Trinajstić information content (AvgIpc) is 3.08. The molecule has 3 aromatic rings. The molecular formula is C19H18N2O5. The Kier molecular flexibility index (Phi) is 4.79. The summed E-state index contributed by atoms with van der Waals surface area (Å²) in [5.74, 6) is 1.29. The number of aromatic carboxylic acids is 1. The summed E-state index contributed by atoms with van der Waals surface area (Å²) in [5.41, 5.74) is 1.93. The van der Waals surface area contributed by atoms with Gasteiger partial charge in [0, 0.05) is 12.1 Å². The molecule has 0 saturated heterocycles. The predicted molar refractivity (Wildman–Crippen MR) is 98.1 cm³/mol. The largest absolute Gasteiger partial charge is 0.496 e. The minimum absolute atomic E-state index is 0.151. The number of benzene rings is 2. The lowest BCUT2D eigenvalue weighted by molar-refractivity contribution is 0.0699. The molecule has 1 aromatic heterocycles. The van der Waals surface area contributed by atoms with Crippen LogP contribution in [0.2, 0.25) is 0 Å². The molecule has 0 aliphatic rings. The summed E-state index contributed by atoms with van der Waals surface area (Å²) >= 11 is 0. The van der Waals surface area contributed by atoms with Gasteiger partial charge in [0.15, 0.2) is 0 Å². The van der Waals surface area contributed by atoms with Gasteiger partial charge in [-0.15, -0.1) is 0 Å². The first-order valence-corrected chi connectivity index (χ1v) is 7.77. The molecule has 0 aliphatic heterocycles. The lowest BCUT2D eigenvalue weighted by Crippen LogP contribution is -1.96. The molecule has 0 saturated carbocycles. The molecule has 7 nitrogen and oxygen atoms in total. The highest BCUT2D eigenvalue weighted by atomic mass is 16.5. The van der Waals surface area contributed by atoms with Gasteiger partial charge in [0.1, 0.15) is 28.6 Å². The molecule has 0 aliphatic carbocycles. The number of ether oxygens (including phenoxy) is 3. The number of hydrogen-bond acceptors (Lipinski definition) is 5. The van der Waals surface area contributed by atoms with Gasteiger partial charge in [-0.1, -0.05) is 6.07 Å². The van der Waals surface area contributed by atoms with E-state index in [2.05, 4.69) is 9.97 Å². The zero-order valence-corrected chi connectivity index (χ0v) is 14.6. The van der Waals surface area contributed by atoms with Crippen molar-refractivity contribution in [2.24, 2.45) is 0 Å². The Hall–Kier alpha value is -3.48. The summed E-state index contributed by atoms with van der Waals surface area (Å²) in [6, 6.07) is 8.48. The smallest absolute Gasteiger partial charge is 0.337 e. The third-order valence-electron chi connectivity index (χ3n) is 3.92. The molecule has 1 heterocycles. The standard InChI is InChI=1S/C19H18N2O5/c1-24-11-9-15(25-2)12(16(10-11)26-3)7-8-17-20-14-6-4-5-13(19(22)23)18(14)21-17/h4-10H,1-3H3,(H,20,21)(H,22,23). The van der Waals surface area contributed by atoms with E-state index in [9.17, 15) is 9.90 Å². The van der Waals surface area contributed by atoms with Crippen LogP contribution in [0.5, 0.6) is 17.2 Å². The molecular weight excluding hydrogens is 336 g/mol. The summed E-state index contributed by atoms with van der Waals surface area (Å²) in [7, 11) is 4.69. The Labute approximate surface area is 149 Å². The van der Waals surface area contributed by atoms with Gasteiger partial charge in [-0.3, -0.25) is 0 Å². The summed E-state index contributed by atoms with van der Waals surface area (Å²) in [6.07, 6.45) is 3.52.